The van der Waals surface area contributed by atoms with E-state index >= 15 is 0 Å². The average molecular weight is 646 g/mol. The van der Waals surface area contributed by atoms with Gasteiger partial charge in [-0.05, 0) is 67.3 Å². The summed E-state index contributed by atoms with van der Waals surface area (Å²) in [4.78, 5) is 33.4. The number of hydrogen-bond acceptors (Lipinski definition) is 9. The molecule has 1 aliphatic heterocycles. The molecule has 12 heteroatoms. The number of carbonyl (C=O) groups is 2. The number of anilines is 1. The fourth-order valence-corrected chi connectivity index (χ4v) is 7.02. The summed E-state index contributed by atoms with van der Waals surface area (Å²) in [6, 6.07) is 17.5. The number of pyridine rings is 1. The molecule has 6 rings (SSSR count). The molecule has 1 amide bonds. The first-order valence-corrected chi connectivity index (χ1v) is 16.1. The number of ether oxygens (including phenoxy) is 1. The predicted molar refractivity (Wildman–Crippen MR) is 173 cm³/mol. The van der Waals surface area contributed by atoms with Crippen molar-refractivity contribution in [3.8, 4) is 5.75 Å². The van der Waals surface area contributed by atoms with Gasteiger partial charge in [-0.25, -0.2) is 4.98 Å². The van der Waals surface area contributed by atoms with Crippen LogP contribution < -0.4 is 9.64 Å². The number of benzene rings is 2. The van der Waals surface area contributed by atoms with Crippen molar-refractivity contribution in [2.75, 3.05) is 11.5 Å². The van der Waals surface area contributed by atoms with Gasteiger partial charge in [-0.3, -0.25) is 14.5 Å². The molecule has 0 radical (unpaired) electrons. The number of aliphatic hydroxyl groups excluding tert-OH is 1. The van der Waals surface area contributed by atoms with Gasteiger partial charge in [0.05, 0.1) is 23.9 Å². The lowest BCUT2D eigenvalue weighted by atomic mass is 9.96. The Morgan fingerprint density at radius 2 is 1.82 bits per heavy atom. The molecule has 1 unspecified atom stereocenters. The lowest BCUT2D eigenvalue weighted by Gasteiger charge is -2.22. The van der Waals surface area contributed by atoms with Crippen molar-refractivity contribution >= 4 is 62.9 Å². The van der Waals surface area contributed by atoms with Gasteiger partial charge in [-0.1, -0.05) is 72.0 Å². The van der Waals surface area contributed by atoms with E-state index in [-0.39, 0.29) is 22.2 Å². The van der Waals surface area contributed by atoms with Crippen molar-refractivity contribution in [1.29, 1.82) is 0 Å². The summed E-state index contributed by atoms with van der Waals surface area (Å²) in [7, 11) is 0. The van der Waals surface area contributed by atoms with Crippen LogP contribution in [0.1, 0.15) is 47.5 Å². The first-order valence-electron chi connectivity index (χ1n) is 14.0. The molecule has 4 heterocycles. The van der Waals surface area contributed by atoms with E-state index in [4.69, 9.17) is 16.3 Å². The van der Waals surface area contributed by atoms with E-state index < -0.39 is 17.7 Å². The normalized spacial score (nSPS) is 16.3. The van der Waals surface area contributed by atoms with E-state index in [1.807, 2.05) is 67.8 Å². The zero-order chi connectivity index (χ0) is 31.0. The number of nitrogens with zero attached hydrogens (tertiary/aromatic N) is 5. The highest BCUT2D eigenvalue weighted by molar-refractivity contribution is 8.00. The summed E-state index contributed by atoms with van der Waals surface area (Å²) in [6.45, 7) is 6.32. The van der Waals surface area contributed by atoms with Gasteiger partial charge in [0.2, 0.25) is 5.13 Å². The first-order chi connectivity index (χ1) is 21.3. The summed E-state index contributed by atoms with van der Waals surface area (Å²) >= 11 is 8.68. The van der Waals surface area contributed by atoms with Gasteiger partial charge < -0.3 is 14.2 Å². The molecule has 0 spiro atoms. The average Bonchev–Trinajstić information content (AvgIpc) is 3.71. The van der Waals surface area contributed by atoms with Crippen LogP contribution in [0.2, 0.25) is 5.02 Å². The number of rotatable bonds is 9. The predicted octanol–water partition coefficient (Wildman–Crippen LogP) is 7.16. The minimum Gasteiger partial charge on any atom is -0.505 e. The fraction of sp³-hybridized carbons (Fsp3) is 0.219. The van der Waals surface area contributed by atoms with Gasteiger partial charge in [0, 0.05) is 17.0 Å². The smallest absolute Gasteiger partial charge is 0.301 e. The Morgan fingerprint density at radius 3 is 2.52 bits per heavy atom. The number of halogens is 1. The Hall–Kier alpha value is -4.19. The molecule has 0 saturated carbocycles. The minimum atomic E-state index is -0.956. The van der Waals surface area contributed by atoms with Crippen molar-refractivity contribution in [2.45, 2.75) is 43.3 Å². The number of thioether (sulfide) groups is 1. The molecule has 1 aliphatic rings. The molecule has 3 aromatic heterocycles. The van der Waals surface area contributed by atoms with Crippen molar-refractivity contribution in [3.05, 3.63) is 106 Å². The minimum absolute atomic E-state index is 0.0630. The van der Waals surface area contributed by atoms with Crippen LogP contribution in [0.3, 0.4) is 0 Å². The SMILES string of the molecule is CCCOc1ccc(C2C(=C(O)c3nc4c(C)cccn4c3C)C(=O)C(=O)N2c2nnc(SCc3ccc(Cl)cc3)s2)cc1. The topological polar surface area (TPSA) is 110 Å². The van der Waals surface area contributed by atoms with E-state index in [0.29, 0.717) is 44.4 Å². The van der Waals surface area contributed by atoms with E-state index in [1.165, 1.54) is 28.0 Å². The highest BCUT2D eigenvalue weighted by Gasteiger charge is 2.49. The molecule has 224 valence electrons. The molecule has 2 aromatic carbocycles. The Morgan fingerprint density at radius 1 is 1.07 bits per heavy atom. The Balaban J connectivity index is 1.42. The summed E-state index contributed by atoms with van der Waals surface area (Å²) in [5.74, 6) is -0.677. The van der Waals surface area contributed by atoms with Gasteiger partial charge in [0.1, 0.15) is 17.1 Å². The third-order valence-electron chi connectivity index (χ3n) is 7.30. The summed E-state index contributed by atoms with van der Waals surface area (Å²) in [5.41, 5.74) is 4.05. The second-order valence-corrected chi connectivity index (χ2v) is 12.9. The van der Waals surface area contributed by atoms with Gasteiger partial charge in [0.15, 0.2) is 10.1 Å². The first kappa shape index (κ1) is 29.9. The number of carbonyl (C=O) groups excluding carboxylic acids is 2. The number of fused-ring (bicyclic) bond motifs is 1. The van der Waals surface area contributed by atoms with Crippen LogP contribution >= 0.6 is 34.7 Å². The molecule has 1 atom stereocenters. The number of imidazole rings is 1. The third kappa shape index (κ3) is 5.58. The maximum Gasteiger partial charge on any atom is 0.301 e. The Labute approximate surface area is 267 Å². The van der Waals surface area contributed by atoms with Gasteiger partial charge in [-0.15, -0.1) is 10.2 Å². The Bertz CT molecular complexity index is 1900. The van der Waals surface area contributed by atoms with Crippen molar-refractivity contribution < 1.29 is 19.4 Å². The van der Waals surface area contributed by atoms with Gasteiger partial charge in [0.25, 0.3) is 5.78 Å². The molecule has 44 heavy (non-hydrogen) atoms. The molecule has 0 bridgehead atoms. The number of aryl methyl sites for hydroxylation is 2. The summed E-state index contributed by atoms with van der Waals surface area (Å²) in [6.07, 6.45) is 2.70. The van der Waals surface area contributed by atoms with E-state index in [0.717, 1.165) is 17.5 Å². The van der Waals surface area contributed by atoms with Crippen LogP contribution in [-0.4, -0.2) is 43.0 Å². The van der Waals surface area contributed by atoms with Crippen LogP contribution in [0, 0.1) is 13.8 Å². The van der Waals surface area contributed by atoms with Gasteiger partial charge >= 0.3 is 5.91 Å². The lowest BCUT2D eigenvalue weighted by molar-refractivity contribution is -0.132. The standard InChI is InChI=1S/C32H28ClN5O4S2/c1-4-16-42-23-13-9-21(10-14-23)26-24(27(39)25-19(3)37-15-5-6-18(2)29(37)34-25)28(40)30(41)38(26)31-35-36-32(44-31)43-17-20-7-11-22(33)12-8-20/h5-15,26,39H,4,16-17H2,1-3H3. The van der Waals surface area contributed by atoms with Crippen molar-refractivity contribution in [1.82, 2.24) is 19.6 Å². The highest BCUT2D eigenvalue weighted by atomic mass is 35.5. The molecule has 1 saturated heterocycles. The van der Waals surface area contributed by atoms with Crippen LogP contribution in [0.15, 0.2) is 76.8 Å². The van der Waals surface area contributed by atoms with Crippen molar-refractivity contribution in [2.24, 2.45) is 0 Å². The zero-order valence-corrected chi connectivity index (χ0v) is 26.5. The zero-order valence-electron chi connectivity index (χ0n) is 24.2. The second kappa shape index (κ2) is 12.4. The van der Waals surface area contributed by atoms with Crippen LogP contribution in [0.5, 0.6) is 5.75 Å². The van der Waals surface area contributed by atoms with Crippen LogP contribution in [0.25, 0.3) is 11.4 Å². The highest BCUT2D eigenvalue weighted by Crippen LogP contribution is 2.44. The number of amides is 1. The molecule has 5 aromatic rings. The summed E-state index contributed by atoms with van der Waals surface area (Å²) < 4.78 is 8.23. The number of aromatic nitrogens is 4. The molecule has 1 N–H and O–H groups in total. The maximum absolute atomic E-state index is 13.7. The lowest BCUT2D eigenvalue weighted by Crippen LogP contribution is -2.29. The molecule has 9 nitrogen and oxygen atoms in total. The van der Waals surface area contributed by atoms with E-state index in [1.54, 1.807) is 24.3 Å². The molecule has 0 aliphatic carbocycles. The summed E-state index contributed by atoms with van der Waals surface area (Å²) in [5, 5.41) is 21.2. The monoisotopic (exact) mass is 645 g/mol. The largest absolute Gasteiger partial charge is 0.505 e. The van der Waals surface area contributed by atoms with E-state index in [2.05, 4.69) is 15.2 Å². The molecular formula is C32H28ClN5O4S2. The van der Waals surface area contributed by atoms with Crippen LogP contribution in [0.4, 0.5) is 5.13 Å². The molecule has 1 fully saturated rings. The number of aliphatic hydroxyl groups is 1. The van der Waals surface area contributed by atoms with Crippen molar-refractivity contribution in [3.63, 3.8) is 0 Å². The quantitative estimate of drug-likeness (QED) is 0.0591. The number of Topliss-reactive ketones (excluding diaryl/α,β-unsaturated/α-hetero) is 1. The second-order valence-electron chi connectivity index (χ2n) is 10.3. The third-order valence-corrected chi connectivity index (χ3v) is 9.68. The van der Waals surface area contributed by atoms with E-state index in [9.17, 15) is 14.7 Å². The van der Waals surface area contributed by atoms with Gasteiger partial charge in [-0.2, -0.15) is 0 Å². The van der Waals surface area contributed by atoms with Crippen LogP contribution in [-0.2, 0) is 15.3 Å². The Kier molecular flexibility index (Phi) is 8.44. The molecular weight excluding hydrogens is 618 g/mol. The number of hydrogen-bond donors (Lipinski definition) is 1. The maximum atomic E-state index is 13.7. The number of ketones is 1. The fourth-order valence-electron chi connectivity index (χ4n) is 5.07.